The third-order valence-corrected chi connectivity index (χ3v) is 2.90. The SMILES string of the molecule is COCOCc1cc(OCc2ccccc2)ccc1C#N. The van der Waals surface area contributed by atoms with Gasteiger partial charge in [0.15, 0.2) is 0 Å². The zero-order valence-electron chi connectivity index (χ0n) is 11.9. The van der Waals surface area contributed by atoms with Crippen LogP contribution in [0.4, 0.5) is 0 Å². The lowest BCUT2D eigenvalue weighted by Crippen LogP contribution is -2.01. The van der Waals surface area contributed by atoms with E-state index >= 15 is 0 Å². The van der Waals surface area contributed by atoms with E-state index in [-0.39, 0.29) is 6.79 Å². The Morgan fingerprint density at radius 1 is 1.05 bits per heavy atom. The fraction of sp³-hybridized carbons (Fsp3) is 0.235. The predicted octanol–water partition coefficient (Wildman–Crippen LogP) is 3.26. The highest BCUT2D eigenvalue weighted by Gasteiger charge is 2.05. The van der Waals surface area contributed by atoms with Gasteiger partial charge in [-0.05, 0) is 29.3 Å². The molecule has 0 aliphatic carbocycles. The highest BCUT2D eigenvalue weighted by atomic mass is 16.7. The molecule has 0 aromatic heterocycles. The summed E-state index contributed by atoms with van der Waals surface area (Å²) < 4.78 is 15.9. The summed E-state index contributed by atoms with van der Waals surface area (Å²) in [6.45, 7) is 1.00. The molecule has 0 atom stereocenters. The lowest BCUT2D eigenvalue weighted by Gasteiger charge is -2.10. The molecule has 0 spiro atoms. The normalized spacial score (nSPS) is 10.1. The first-order valence-corrected chi connectivity index (χ1v) is 6.60. The second-order valence-electron chi connectivity index (χ2n) is 4.46. The van der Waals surface area contributed by atoms with E-state index < -0.39 is 0 Å². The van der Waals surface area contributed by atoms with Crippen LogP contribution in [-0.2, 0) is 22.7 Å². The van der Waals surface area contributed by atoms with Gasteiger partial charge in [0, 0.05) is 7.11 Å². The first-order valence-electron chi connectivity index (χ1n) is 6.60. The van der Waals surface area contributed by atoms with Crippen molar-refractivity contribution < 1.29 is 14.2 Å². The number of rotatable bonds is 7. The molecule has 2 rings (SSSR count). The highest BCUT2D eigenvalue weighted by molar-refractivity contribution is 5.42. The van der Waals surface area contributed by atoms with E-state index in [4.69, 9.17) is 19.5 Å². The maximum Gasteiger partial charge on any atom is 0.146 e. The molecular weight excluding hydrogens is 266 g/mol. The summed E-state index contributed by atoms with van der Waals surface area (Å²) >= 11 is 0. The van der Waals surface area contributed by atoms with Gasteiger partial charge in [0.25, 0.3) is 0 Å². The summed E-state index contributed by atoms with van der Waals surface area (Å²) in [5, 5.41) is 9.10. The van der Waals surface area contributed by atoms with Crippen molar-refractivity contribution >= 4 is 0 Å². The van der Waals surface area contributed by atoms with E-state index in [2.05, 4.69) is 6.07 Å². The van der Waals surface area contributed by atoms with Crippen molar-refractivity contribution in [3.63, 3.8) is 0 Å². The van der Waals surface area contributed by atoms with E-state index in [1.165, 1.54) is 0 Å². The Balaban J connectivity index is 2.03. The fourth-order valence-corrected chi connectivity index (χ4v) is 1.86. The summed E-state index contributed by atoms with van der Waals surface area (Å²) in [6, 6.07) is 17.4. The number of ether oxygens (including phenoxy) is 3. The molecule has 0 unspecified atom stereocenters. The van der Waals surface area contributed by atoms with Crippen molar-refractivity contribution in [1.82, 2.24) is 0 Å². The van der Waals surface area contributed by atoms with Gasteiger partial charge in [0.1, 0.15) is 19.1 Å². The summed E-state index contributed by atoms with van der Waals surface area (Å²) in [7, 11) is 1.56. The first kappa shape index (κ1) is 15.0. The Morgan fingerprint density at radius 3 is 2.57 bits per heavy atom. The van der Waals surface area contributed by atoms with Gasteiger partial charge in [-0.15, -0.1) is 0 Å². The topological polar surface area (TPSA) is 51.5 Å². The third kappa shape index (κ3) is 4.60. The molecule has 2 aromatic carbocycles. The van der Waals surface area contributed by atoms with E-state index in [0.29, 0.717) is 24.5 Å². The van der Waals surface area contributed by atoms with Gasteiger partial charge in [-0.3, -0.25) is 0 Å². The fourth-order valence-electron chi connectivity index (χ4n) is 1.86. The molecule has 0 bridgehead atoms. The van der Waals surface area contributed by atoms with Crippen LogP contribution in [0.1, 0.15) is 16.7 Å². The lowest BCUT2D eigenvalue weighted by molar-refractivity contribution is -0.0391. The van der Waals surface area contributed by atoms with Crippen LogP contribution in [-0.4, -0.2) is 13.9 Å². The number of nitriles is 1. The van der Waals surface area contributed by atoms with Crippen LogP contribution in [0.2, 0.25) is 0 Å². The minimum Gasteiger partial charge on any atom is -0.489 e. The Bertz CT molecular complexity index is 605. The maximum atomic E-state index is 9.10. The standard InChI is InChI=1S/C17H17NO3/c1-19-13-20-12-16-9-17(8-7-15(16)10-18)21-11-14-5-3-2-4-6-14/h2-9H,11-13H2,1H3. The van der Waals surface area contributed by atoms with Crippen molar-refractivity contribution in [2.45, 2.75) is 13.2 Å². The molecule has 4 nitrogen and oxygen atoms in total. The van der Waals surface area contributed by atoms with Crippen LogP contribution in [0.25, 0.3) is 0 Å². The minimum absolute atomic E-state index is 0.194. The third-order valence-electron chi connectivity index (χ3n) is 2.90. The van der Waals surface area contributed by atoms with Crippen LogP contribution < -0.4 is 4.74 Å². The average Bonchev–Trinajstić information content (AvgIpc) is 2.54. The molecule has 0 radical (unpaired) electrons. The summed E-state index contributed by atoms with van der Waals surface area (Å²) in [5.41, 5.74) is 2.47. The molecule has 0 aliphatic rings. The van der Waals surface area contributed by atoms with Gasteiger partial charge >= 0.3 is 0 Å². The number of methoxy groups -OCH3 is 1. The largest absolute Gasteiger partial charge is 0.489 e. The molecular formula is C17H17NO3. The van der Waals surface area contributed by atoms with Crippen LogP contribution >= 0.6 is 0 Å². The molecule has 0 amide bonds. The summed E-state index contributed by atoms with van der Waals surface area (Å²) in [6.07, 6.45) is 0. The van der Waals surface area contributed by atoms with Gasteiger partial charge in [0.05, 0.1) is 18.2 Å². The van der Waals surface area contributed by atoms with Crippen molar-refractivity contribution in [3.05, 3.63) is 65.2 Å². The number of benzene rings is 2. The highest BCUT2D eigenvalue weighted by Crippen LogP contribution is 2.19. The smallest absolute Gasteiger partial charge is 0.146 e. The van der Waals surface area contributed by atoms with E-state index in [1.807, 2.05) is 36.4 Å². The molecule has 0 aliphatic heterocycles. The molecule has 0 heterocycles. The van der Waals surface area contributed by atoms with Crippen LogP contribution in [0.15, 0.2) is 48.5 Å². The minimum atomic E-state index is 0.194. The quantitative estimate of drug-likeness (QED) is 0.578. The number of hydrogen-bond donors (Lipinski definition) is 0. The Labute approximate surface area is 124 Å². The Kier molecular flexibility index (Phi) is 5.77. The van der Waals surface area contributed by atoms with Gasteiger partial charge < -0.3 is 14.2 Å². The molecule has 4 heteroatoms. The van der Waals surface area contributed by atoms with Gasteiger partial charge in [-0.25, -0.2) is 0 Å². The van der Waals surface area contributed by atoms with Crippen molar-refractivity contribution in [2.75, 3.05) is 13.9 Å². The number of hydrogen-bond acceptors (Lipinski definition) is 4. The monoisotopic (exact) mass is 283 g/mol. The van der Waals surface area contributed by atoms with Crippen molar-refractivity contribution in [3.8, 4) is 11.8 Å². The van der Waals surface area contributed by atoms with E-state index in [0.717, 1.165) is 11.1 Å². The maximum absolute atomic E-state index is 9.10. The lowest BCUT2D eigenvalue weighted by atomic mass is 10.1. The van der Waals surface area contributed by atoms with Crippen LogP contribution in [0, 0.1) is 11.3 Å². The van der Waals surface area contributed by atoms with Crippen molar-refractivity contribution in [2.24, 2.45) is 0 Å². The molecule has 0 N–H and O–H groups in total. The Hall–Kier alpha value is -2.35. The Morgan fingerprint density at radius 2 is 1.86 bits per heavy atom. The summed E-state index contributed by atoms with van der Waals surface area (Å²) in [4.78, 5) is 0. The molecule has 0 fully saturated rings. The molecule has 0 saturated carbocycles. The van der Waals surface area contributed by atoms with E-state index in [1.54, 1.807) is 19.2 Å². The first-order chi connectivity index (χ1) is 10.3. The summed E-state index contributed by atoms with van der Waals surface area (Å²) in [5.74, 6) is 0.717. The van der Waals surface area contributed by atoms with Gasteiger partial charge in [-0.2, -0.15) is 5.26 Å². The molecule has 108 valence electrons. The average molecular weight is 283 g/mol. The predicted molar refractivity (Wildman–Crippen MR) is 78.6 cm³/mol. The zero-order valence-corrected chi connectivity index (χ0v) is 11.9. The van der Waals surface area contributed by atoms with Crippen LogP contribution in [0.3, 0.4) is 0 Å². The number of nitrogens with zero attached hydrogens (tertiary/aromatic N) is 1. The van der Waals surface area contributed by atoms with Crippen LogP contribution in [0.5, 0.6) is 5.75 Å². The van der Waals surface area contributed by atoms with Gasteiger partial charge in [-0.1, -0.05) is 30.3 Å². The second kappa shape index (κ2) is 8.05. The zero-order chi connectivity index (χ0) is 14.9. The molecule has 2 aromatic rings. The second-order valence-corrected chi connectivity index (χ2v) is 4.46. The molecule has 0 saturated heterocycles. The van der Waals surface area contributed by atoms with E-state index in [9.17, 15) is 0 Å². The van der Waals surface area contributed by atoms with Gasteiger partial charge in [0.2, 0.25) is 0 Å². The molecule has 21 heavy (non-hydrogen) atoms. The van der Waals surface area contributed by atoms with Crippen molar-refractivity contribution in [1.29, 1.82) is 5.26 Å².